The van der Waals surface area contributed by atoms with E-state index in [9.17, 15) is 9.59 Å². The van der Waals surface area contributed by atoms with Crippen LogP contribution in [0.15, 0.2) is 60.7 Å². The average molecular weight is 404 g/mol. The lowest BCUT2D eigenvalue weighted by Gasteiger charge is -2.16. The third-order valence-corrected chi connectivity index (χ3v) is 5.18. The fraction of sp³-hybridized carbons (Fsp3) is 0.304. The van der Waals surface area contributed by atoms with E-state index in [0.29, 0.717) is 5.82 Å². The van der Waals surface area contributed by atoms with Crippen LogP contribution in [0, 0.1) is 0 Å². The molecule has 1 aliphatic rings. The van der Waals surface area contributed by atoms with Crippen LogP contribution in [0.1, 0.15) is 43.2 Å². The number of nitrogens with one attached hydrogen (secondary N) is 1. The van der Waals surface area contributed by atoms with Gasteiger partial charge in [-0.05, 0) is 31.9 Å². The molecule has 1 N–H and O–H groups in total. The second-order valence-corrected chi connectivity index (χ2v) is 7.41. The average Bonchev–Trinajstić information content (AvgIpc) is 3.45. The SMILES string of the molecule is C[C@H](OC(=O)c1nc(-c2ccccc2)n(-c2ccccc2)n1)C(=O)NC1CCCC1. The second-order valence-electron chi connectivity index (χ2n) is 7.41. The number of nitrogens with zero attached hydrogens (tertiary/aromatic N) is 3. The maximum absolute atomic E-state index is 12.7. The zero-order valence-electron chi connectivity index (χ0n) is 16.8. The van der Waals surface area contributed by atoms with Crippen LogP contribution in [0.4, 0.5) is 0 Å². The lowest BCUT2D eigenvalue weighted by molar-refractivity contribution is -0.129. The molecule has 0 bridgehead atoms. The lowest BCUT2D eigenvalue weighted by Crippen LogP contribution is -2.41. The molecule has 0 saturated heterocycles. The molecule has 154 valence electrons. The fourth-order valence-corrected chi connectivity index (χ4v) is 3.58. The van der Waals surface area contributed by atoms with E-state index >= 15 is 0 Å². The summed E-state index contributed by atoms with van der Waals surface area (Å²) in [5.41, 5.74) is 1.59. The van der Waals surface area contributed by atoms with Crippen LogP contribution in [-0.4, -0.2) is 38.8 Å². The van der Waals surface area contributed by atoms with Gasteiger partial charge in [0, 0.05) is 11.6 Å². The summed E-state index contributed by atoms with van der Waals surface area (Å²) in [6, 6.07) is 19.1. The van der Waals surface area contributed by atoms with E-state index in [1.807, 2.05) is 60.7 Å². The van der Waals surface area contributed by atoms with E-state index in [0.717, 1.165) is 36.9 Å². The van der Waals surface area contributed by atoms with E-state index in [4.69, 9.17) is 4.74 Å². The molecular weight excluding hydrogens is 380 g/mol. The first-order valence-corrected chi connectivity index (χ1v) is 10.2. The molecule has 1 aliphatic carbocycles. The summed E-state index contributed by atoms with van der Waals surface area (Å²) in [6.45, 7) is 1.56. The van der Waals surface area contributed by atoms with Gasteiger partial charge in [0.1, 0.15) is 0 Å². The topological polar surface area (TPSA) is 86.1 Å². The zero-order chi connectivity index (χ0) is 20.9. The van der Waals surface area contributed by atoms with Crippen molar-refractivity contribution >= 4 is 11.9 Å². The molecule has 1 saturated carbocycles. The highest BCUT2D eigenvalue weighted by Crippen LogP contribution is 2.21. The summed E-state index contributed by atoms with van der Waals surface area (Å²) < 4.78 is 6.97. The van der Waals surface area contributed by atoms with Gasteiger partial charge in [0.2, 0.25) is 0 Å². The smallest absolute Gasteiger partial charge is 0.379 e. The van der Waals surface area contributed by atoms with Crippen LogP contribution in [0.25, 0.3) is 17.1 Å². The molecule has 1 amide bonds. The molecule has 7 nitrogen and oxygen atoms in total. The van der Waals surface area contributed by atoms with Gasteiger partial charge >= 0.3 is 5.97 Å². The lowest BCUT2D eigenvalue weighted by atomic mass is 10.2. The van der Waals surface area contributed by atoms with Gasteiger partial charge in [-0.2, -0.15) is 0 Å². The molecule has 1 fully saturated rings. The second kappa shape index (κ2) is 8.90. The van der Waals surface area contributed by atoms with Crippen LogP contribution in [-0.2, 0) is 9.53 Å². The Labute approximate surface area is 175 Å². The molecule has 7 heteroatoms. The molecule has 1 aromatic heterocycles. The zero-order valence-corrected chi connectivity index (χ0v) is 16.8. The fourth-order valence-electron chi connectivity index (χ4n) is 3.58. The van der Waals surface area contributed by atoms with Gasteiger partial charge in [-0.1, -0.05) is 61.4 Å². The van der Waals surface area contributed by atoms with E-state index in [-0.39, 0.29) is 17.8 Å². The summed E-state index contributed by atoms with van der Waals surface area (Å²) in [6.07, 6.45) is 3.25. The third-order valence-electron chi connectivity index (χ3n) is 5.18. The van der Waals surface area contributed by atoms with E-state index in [1.54, 1.807) is 11.6 Å². The maximum atomic E-state index is 12.7. The number of esters is 1. The number of rotatable bonds is 6. The van der Waals surface area contributed by atoms with Crippen molar-refractivity contribution < 1.29 is 14.3 Å². The van der Waals surface area contributed by atoms with Gasteiger partial charge in [0.25, 0.3) is 11.7 Å². The van der Waals surface area contributed by atoms with Crippen molar-refractivity contribution in [2.75, 3.05) is 0 Å². The number of carbonyl (C=O) groups excluding carboxylic acids is 2. The van der Waals surface area contributed by atoms with Crippen LogP contribution in [0.5, 0.6) is 0 Å². The Kier molecular flexibility index (Phi) is 5.88. The number of aromatic nitrogens is 3. The van der Waals surface area contributed by atoms with Crippen molar-refractivity contribution in [1.82, 2.24) is 20.1 Å². The van der Waals surface area contributed by atoms with Crippen LogP contribution in [0.2, 0.25) is 0 Å². The summed E-state index contributed by atoms with van der Waals surface area (Å²) in [4.78, 5) is 29.4. The normalized spacial score (nSPS) is 15.0. The van der Waals surface area contributed by atoms with Gasteiger partial charge in [-0.3, -0.25) is 4.79 Å². The van der Waals surface area contributed by atoms with Crippen molar-refractivity contribution in [3.05, 3.63) is 66.5 Å². The number of benzene rings is 2. The van der Waals surface area contributed by atoms with Gasteiger partial charge in [0.05, 0.1) is 5.69 Å². The molecule has 0 radical (unpaired) electrons. The molecule has 30 heavy (non-hydrogen) atoms. The van der Waals surface area contributed by atoms with Gasteiger partial charge in [-0.15, -0.1) is 5.10 Å². The first-order chi connectivity index (χ1) is 14.6. The van der Waals surface area contributed by atoms with Crippen molar-refractivity contribution in [3.63, 3.8) is 0 Å². The minimum atomic E-state index is -0.915. The van der Waals surface area contributed by atoms with E-state index in [2.05, 4.69) is 15.4 Å². The number of amides is 1. The minimum Gasteiger partial charge on any atom is -0.447 e. The number of hydrogen-bond acceptors (Lipinski definition) is 5. The highest BCUT2D eigenvalue weighted by atomic mass is 16.5. The summed E-state index contributed by atoms with van der Waals surface area (Å²) >= 11 is 0. The number of para-hydroxylation sites is 1. The van der Waals surface area contributed by atoms with E-state index in [1.165, 1.54) is 0 Å². The minimum absolute atomic E-state index is 0.0850. The highest BCUT2D eigenvalue weighted by molar-refractivity contribution is 5.89. The van der Waals surface area contributed by atoms with Crippen molar-refractivity contribution in [3.8, 4) is 17.1 Å². The molecular formula is C23H24N4O3. The molecule has 0 aliphatic heterocycles. The van der Waals surface area contributed by atoms with Crippen molar-refractivity contribution in [2.24, 2.45) is 0 Å². The van der Waals surface area contributed by atoms with Crippen molar-refractivity contribution in [1.29, 1.82) is 0 Å². The molecule has 1 heterocycles. The number of ether oxygens (including phenoxy) is 1. The van der Waals surface area contributed by atoms with E-state index < -0.39 is 12.1 Å². The summed E-state index contributed by atoms with van der Waals surface area (Å²) in [5.74, 6) is -0.577. The largest absolute Gasteiger partial charge is 0.447 e. The van der Waals surface area contributed by atoms with Crippen LogP contribution >= 0.6 is 0 Å². The predicted molar refractivity (Wildman–Crippen MR) is 112 cm³/mol. The van der Waals surface area contributed by atoms with Crippen LogP contribution in [0.3, 0.4) is 0 Å². The van der Waals surface area contributed by atoms with Gasteiger partial charge in [0.15, 0.2) is 11.9 Å². The maximum Gasteiger partial charge on any atom is 0.379 e. The quantitative estimate of drug-likeness (QED) is 0.635. The highest BCUT2D eigenvalue weighted by Gasteiger charge is 2.26. The first kappa shape index (κ1) is 19.8. The van der Waals surface area contributed by atoms with Crippen LogP contribution < -0.4 is 5.32 Å². The molecule has 0 unspecified atom stereocenters. The predicted octanol–water partition coefficient (Wildman–Crippen LogP) is 3.54. The molecule has 0 spiro atoms. The number of carbonyl (C=O) groups is 2. The Morgan fingerprint density at radius 2 is 1.67 bits per heavy atom. The Bertz CT molecular complexity index is 954. The Hall–Kier alpha value is -3.48. The first-order valence-electron chi connectivity index (χ1n) is 10.2. The summed E-state index contributed by atoms with van der Waals surface area (Å²) in [5, 5.41) is 7.31. The molecule has 4 rings (SSSR count). The Morgan fingerprint density at radius 3 is 2.33 bits per heavy atom. The monoisotopic (exact) mass is 404 g/mol. The molecule has 2 aromatic carbocycles. The molecule has 3 aromatic rings. The Balaban J connectivity index is 1.55. The standard InChI is InChI=1S/C23H24N4O3/c1-16(22(28)24-18-12-8-9-13-18)30-23(29)20-25-21(17-10-4-2-5-11-17)27(26-20)19-14-6-3-7-15-19/h2-7,10-11,14-16,18H,8-9,12-13H2,1H3,(H,24,28)/t16-/m0/s1. The van der Waals surface area contributed by atoms with Crippen molar-refractivity contribution in [2.45, 2.75) is 44.8 Å². The molecule has 1 atom stereocenters. The Morgan fingerprint density at radius 1 is 1.03 bits per heavy atom. The van der Waals surface area contributed by atoms with Gasteiger partial charge in [-0.25, -0.2) is 14.5 Å². The summed E-state index contributed by atoms with van der Waals surface area (Å²) in [7, 11) is 0. The number of hydrogen-bond donors (Lipinski definition) is 1. The van der Waals surface area contributed by atoms with Gasteiger partial charge < -0.3 is 10.1 Å². The third kappa shape index (κ3) is 4.40.